The third kappa shape index (κ3) is 2.95. The highest BCUT2D eigenvalue weighted by atomic mass is 32.1. The van der Waals surface area contributed by atoms with Gasteiger partial charge in [-0.25, -0.2) is 0 Å². The molecule has 0 fully saturated rings. The quantitative estimate of drug-likeness (QED) is 0.767. The normalized spacial score (nSPS) is 10.9. The first kappa shape index (κ1) is 15.2. The standard InChI is InChI=1S/C16H16N4O2S/c1-9-12-7-13(23-16(12)20(2)19-9)15(22)18-8-10-4-3-5-11(6-10)14(17)21/h3-7H,8H2,1-2H3,(H2,17,21)(H,18,22). The molecule has 0 saturated heterocycles. The van der Waals surface area contributed by atoms with Gasteiger partial charge in [-0.2, -0.15) is 5.10 Å². The molecule has 1 aromatic carbocycles. The summed E-state index contributed by atoms with van der Waals surface area (Å²) in [4.78, 5) is 25.1. The molecule has 0 aliphatic carbocycles. The van der Waals surface area contributed by atoms with Crippen molar-refractivity contribution in [3.05, 3.63) is 52.0 Å². The number of aryl methyl sites for hydroxylation is 2. The van der Waals surface area contributed by atoms with Crippen LogP contribution >= 0.6 is 11.3 Å². The van der Waals surface area contributed by atoms with Crippen LogP contribution in [0.25, 0.3) is 10.2 Å². The van der Waals surface area contributed by atoms with Crippen LogP contribution in [-0.4, -0.2) is 21.6 Å². The van der Waals surface area contributed by atoms with Gasteiger partial charge in [0.1, 0.15) is 4.83 Å². The zero-order valence-electron chi connectivity index (χ0n) is 12.8. The monoisotopic (exact) mass is 328 g/mol. The topological polar surface area (TPSA) is 90.0 Å². The Morgan fingerprint density at radius 2 is 2.13 bits per heavy atom. The summed E-state index contributed by atoms with van der Waals surface area (Å²) in [5, 5.41) is 8.18. The Balaban J connectivity index is 1.74. The first-order chi connectivity index (χ1) is 11.0. The molecule has 0 aliphatic rings. The molecule has 0 saturated carbocycles. The second-order valence-corrected chi connectivity index (χ2v) is 6.32. The van der Waals surface area contributed by atoms with Crippen LogP contribution in [0.4, 0.5) is 0 Å². The smallest absolute Gasteiger partial charge is 0.261 e. The maximum absolute atomic E-state index is 12.3. The number of rotatable bonds is 4. The summed E-state index contributed by atoms with van der Waals surface area (Å²) in [6.07, 6.45) is 0. The van der Waals surface area contributed by atoms with E-state index in [9.17, 15) is 9.59 Å². The fourth-order valence-electron chi connectivity index (χ4n) is 2.42. The fraction of sp³-hybridized carbons (Fsp3) is 0.188. The lowest BCUT2D eigenvalue weighted by molar-refractivity contribution is 0.0954. The molecule has 0 unspecified atom stereocenters. The van der Waals surface area contributed by atoms with E-state index in [-0.39, 0.29) is 5.91 Å². The van der Waals surface area contributed by atoms with Crippen molar-refractivity contribution in [2.75, 3.05) is 0 Å². The van der Waals surface area contributed by atoms with Gasteiger partial charge in [-0.1, -0.05) is 12.1 Å². The molecule has 0 bridgehead atoms. The number of hydrogen-bond acceptors (Lipinski definition) is 4. The van der Waals surface area contributed by atoms with E-state index >= 15 is 0 Å². The van der Waals surface area contributed by atoms with Gasteiger partial charge in [-0.15, -0.1) is 11.3 Å². The van der Waals surface area contributed by atoms with Gasteiger partial charge in [0.25, 0.3) is 5.91 Å². The van der Waals surface area contributed by atoms with E-state index in [0.29, 0.717) is 17.0 Å². The SMILES string of the molecule is Cc1nn(C)c2sc(C(=O)NCc3cccc(C(N)=O)c3)cc12. The number of nitrogens with one attached hydrogen (secondary N) is 1. The molecule has 0 spiro atoms. The molecule has 0 radical (unpaired) electrons. The van der Waals surface area contributed by atoms with Gasteiger partial charge >= 0.3 is 0 Å². The number of carbonyl (C=O) groups excluding carboxylic acids is 2. The second-order valence-electron chi connectivity index (χ2n) is 5.29. The average molecular weight is 328 g/mol. The number of fused-ring (bicyclic) bond motifs is 1. The first-order valence-corrected chi connectivity index (χ1v) is 7.87. The van der Waals surface area contributed by atoms with Crippen molar-refractivity contribution < 1.29 is 9.59 Å². The zero-order valence-corrected chi connectivity index (χ0v) is 13.6. The third-order valence-electron chi connectivity index (χ3n) is 3.58. The van der Waals surface area contributed by atoms with E-state index in [1.807, 2.05) is 26.1 Å². The number of carbonyl (C=O) groups is 2. The average Bonchev–Trinajstić information content (AvgIpc) is 3.07. The summed E-state index contributed by atoms with van der Waals surface area (Å²) in [5.74, 6) is -0.624. The Labute approximate surface area is 136 Å². The van der Waals surface area contributed by atoms with Crippen LogP contribution in [0.1, 0.15) is 31.3 Å². The Hall–Kier alpha value is -2.67. The molecule has 0 atom stereocenters. The van der Waals surface area contributed by atoms with Crippen LogP contribution in [0.2, 0.25) is 0 Å². The van der Waals surface area contributed by atoms with Crippen LogP contribution in [0, 0.1) is 6.92 Å². The zero-order chi connectivity index (χ0) is 16.6. The Kier molecular flexibility index (Phi) is 3.87. The Bertz CT molecular complexity index is 876. The third-order valence-corrected chi connectivity index (χ3v) is 4.79. The van der Waals surface area contributed by atoms with Gasteiger partial charge in [0.2, 0.25) is 5.91 Å². The highest BCUT2D eigenvalue weighted by Crippen LogP contribution is 2.27. The summed E-state index contributed by atoms with van der Waals surface area (Å²) in [7, 11) is 1.86. The molecule has 23 heavy (non-hydrogen) atoms. The first-order valence-electron chi connectivity index (χ1n) is 7.06. The van der Waals surface area contributed by atoms with Gasteiger partial charge in [0.15, 0.2) is 0 Å². The molecule has 2 amide bonds. The number of hydrogen-bond donors (Lipinski definition) is 2. The van der Waals surface area contributed by atoms with Gasteiger partial charge in [-0.05, 0) is 30.7 Å². The second kappa shape index (κ2) is 5.85. The van der Waals surface area contributed by atoms with Crippen molar-refractivity contribution in [2.45, 2.75) is 13.5 Å². The van der Waals surface area contributed by atoms with Gasteiger partial charge in [0.05, 0.1) is 10.6 Å². The predicted molar refractivity (Wildman–Crippen MR) is 89.5 cm³/mol. The lowest BCUT2D eigenvalue weighted by Crippen LogP contribution is -2.22. The van der Waals surface area contributed by atoms with Gasteiger partial charge < -0.3 is 11.1 Å². The largest absolute Gasteiger partial charge is 0.366 e. The number of thiophene rings is 1. The molecule has 3 aromatic rings. The van der Waals surface area contributed by atoms with Crippen molar-refractivity contribution in [1.29, 1.82) is 0 Å². The molecule has 7 heteroatoms. The van der Waals surface area contributed by atoms with E-state index < -0.39 is 5.91 Å². The van der Waals surface area contributed by atoms with E-state index in [1.54, 1.807) is 22.9 Å². The number of nitrogens with two attached hydrogens (primary N) is 1. The summed E-state index contributed by atoms with van der Waals surface area (Å²) in [6, 6.07) is 8.77. The highest BCUT2D eigenvalue weighted by molar-refractivity contribution is 7.20. The van der Waals surface area contributed by atoms with Crippen molar-refractivity contribution in [3.63, 3.8) is 0 Å². The molecule has 2 aromatic heterocycles. The van der Waals surface area contributed by atoms with Crippen molar-refractivity contribution in [2.24, 2.45) is 12.8 Å². The van der Waals surface area contributed by atoms with Crippen molar-refractivity contribution in [3.8, 4) is 0 Å². The van der Waals surface area contributed by atoms with E-state index in [2.05, 4.69) is 10.4 Å². The minimum absolute atomic E-state index is 0.143. The lowest BCUT2D eigenvalue weighted by Gasteiger charge is -2.05. The molecule has 6 nitrogen and oxygen atoms in total. The molecule has 3 rings (SSSR count). The summed E-state index contributed by atoms with van der Waals surface area (Å²) < 4.78 is 1.78. The maximum atomic E-state index is 12.3. The van der Waals surface area contributed by atoms with Crippen molar-refractivity contribution >= 4 is 33.4 Å². The molecule has 2 heterocycles. The number of nitrogens with zero attached hydrogens (tertiary/aromatic N) is 2. The number of amides is 2. The molecule has 3 N–H and O–H groups in total. The fourth-order valence-corrected chi connectivity index (χ4v) is 3.46. The lowest BCUT2D eigenvalue weighted by atomic mass is 10.1. The highest BCUT2D eigenvalue weighted by Gasteiger charge is 2.14. The van der Waals surface area contributed by atoms with Crippen LogP contribution in [0.5, 0.6) is 0 Å². The van der Waals surface area contributed by atoms with Crippen LogP contribution < -0.4 is 11.1 Å². The number of aromatic nitrogens is 2. The molecule has 118 valence electrons. The van der Waals surface area contributed by atoms with Crippen LogP contribution in [-0.2, 0) is 13.6 Å². The van der Waals surface area contributed by atoms with Gasteiger partial charge in [-0.3, -0.25) is 14.3 Å². The minimum Gasteiger partial charge on any atom is -0.366 e. The molecule has 0 aliphatic heterocycles. The predicted octanol–water partition coefficient (Wildman–Crippen LogP) is 1.97. The maximum Gasteiger partial charge on any atom is 0.261 e. The Morgan fingerprint density at radius 1 is 1.35 bits per heavy atom. The molecular weight excluding hydrogens is 312 g/mol. The van der Waals surface area contributed by atoms with Crippen LogP contribution in [0.3, 0.4) is 0 Å². The summed E-state index contributed by atoms with van der Waals surface area (Å²) in [6.45, 7) is 2.26. The number of benzene rings is 1. The van der Waals surface area contributed by atoms with E-state index in [0.717, 1.165) is 21.5 Å². The van der Waals surface area contributed by atoms with E-state index in [4.69, 9.17) is 5.73 Å². The summed E-state index contributed by atoms with van der Waals surface area (Å²) in [5.41, 5.74) is 7.42. The Morgan fingerprint density at radius 3 is 2.83 bits per heavy atom. The van der Waals surface area contributed by atoms with Gasteiger partial charge in [0, 0.05) is 24.5 Å². The summed E-state index contributed by atoms with van der Waals surface area (Å²) >= 11 is 1.41. The van der Waals surface area contributed by atoms with E-state index in [1.165, 1.54) is 11.3 Å². The minimum atomic E-state index is -0.481. The number of primary amides is 1. The van der Waals surface area contributed by atoms with Crippen LogP contribution in [0.15, 0.2) is 30.3 Å². The molecular formula is C16H16N4O2S. The van der Waals surface area contributed by atoms with Crippen molar-refractivity contribution in [1.82, 2.24) is 15.1 Å².